The minimum absolute atomic E-state index is 0.388. The molecule has 1 saturated heterocycles. The molecule has 2 N–H and O–H groups in total. The van der Waals surface area contributed by atoms with Gasteiger partial charge in [-0.1, -0.05) is 26.7 Å². The van der Waals surface area contributed by atoms with E-state index in [-0.39, 0.29) is 0 Å². The Morgan fingerprint density at radius 2 is 2.07 bits per heavy atom. The van der Waals surface area contributed by atoms with Gasteiger partial charge >= 0.3 is 0 Å². The van der Waals surface area contributed by atoms with Gasteiger partial charge in [0.2, 0.25) is 0 Å². The van der Waals surface area contributed by atoms with E-state index in [4.69, 9.17) is 10.5 Å². The summed E-state index contributed by atoms with van der Waals surface area (Å²) in [6.45, 7) is 5.49. The van der Waals surface area contributed by atoms with E-state index < -0.39 is 0 Å². The highest BCUT2D eigenvalue weighted by Gasteiger charge is 2.17. The fourth-order valence-electron chi connectivity index (χ4n) is 2.44. The quantitative estimate of drug-likeness (QED) is 0.705. The van der Waals surface area contributed by atoms with Gasteiger partial charge in [0.05, 0.1) is 6.10 Å². The molecule has 2 heteroatoms. The fraction of sp³-hybridized carbons (Fsp3) is 1.00. The SMILES string of the molecule is CCC(CC)CC(N)CCC1CCCO1. The van der Waals surface area contributed by atoms with Crippen LogP contribution in [-0.4, -0.2) is 18.8 Å². The molecule has 0 aromatic heterocycles. The van der Waals surface area contributed by atoms with Crippen LogP contribution in [0.3, 0.4) is 0 Å². The van der Waals surface area contributed by atoms with Crippen LogP contribution in [0.15, 0.2) is 0 Å². The van der Waals surface area contributed by atoms with Gasteiger partial charge in [0.25, 0.3) is 0 Å². The molecule has 1 aliphatic rings. The van der Waals surface area contributed by atoms with Crippen molar-refractivity contribution in [2.24, 2.45) is 11.7 Å². The normalized spacial score (nSPS) is 23.6. The summed E-state index contributed by atoms with van der Waals surface area (Å²) in [5, 5.41) is 0. The second-order valence-electron chi connectivity index (χ2n) is 4.89. The number of rotatable bonds is 7. The van der Waals surface area contributed by atoms with Crippen molar-refractivity contribution in [3.05, 3.63) is 0 Å². The van der Waals surface area contributed by atoms with E-state index in [1.54, 1.807) is 0 Å². The van der Waals surface area contributed by atoms with Crippen molar-refractivity contribution in [1.29, 1.82) is 0 Å². The van der Waals surface area contributed by atoms with Crippen molar-refractivity contribution >= 4 is 0 Å². The van der Waals surface area contributed by atoms with Gasteiger partial charge in [0.15, 0.2) is 0 Å². The molecule has 90 valence electrons. The first kappa shape index (κ1) is 13.0. The molecule has 0 radical (unpaired) electrons. The van der Waals surface area contributed by atoms with Gasteiger partial charge < -0.3 is 10.5 Å². The third-order valence-electron chi connectivity index (χ3n) is 3.67. The molecule has 1 fully saturated rings. The van der Waals surface area contributed by atoms with E-state index in [0.717, 1.165) is 18.9 Å². The Kier molecular flexibility index (Phi) is 6.26. The number of ether oxygens (including phenoxy) is 1. The second-order valence-corrected chi connectivity index (χ2v) is 4.89. The average molecular weight is 213 g/mol. The van der Waals surface area contributed by atoms with Crippen LogP contribution in [-0.2, 0) is 4.74 Å². The number of nitrogens with two attached hydrogens (primary N) is 1. The Hall–Kier alpha value is -0.0800. The molecular weight excluding hydrogens is 186 g/mol. The van der Waals surface area contributed by atoms with E-state index >= 15 is 0 Å². The minimum atomic E-state index is 0.388. The third kappa shape index (κ3) is 4.98. The number of hydrogen-bond donors (Lipinski definition) is 1. The van der Waals surface area contributed by atoms with Gasteiger partial charge in [-0.25, -0.2) is 0 Å². The highest BCUT2D eigenvalue weighted by atomic mass is 16.5. The summed E-state index contributed by atoms with van der Waals surface area (Å²) in [5.41, 5.74) is 6.15. The number of hydrogen-bond acceptors (Lipinski definition) is 2. The van der Waals surface area contributed by atoms with Crippen LogP contribution in [0.4, 0.5) is 0 Å². The summed E-state index contributed by atoms with van der Waals surface area (Å²) in [5.74, 6) is 0.824. The maximum absolute atomic E-state index is 6.15. The Morgan fingerprint density at radius 1 is 1.33 bits per heavy atom. The van der Waals surface area contributed by atoms with Gasteiger partial charge in [-0.15, -0.1) is 0 Å². The Bertz CT molecular complexity index is 151. The molecule has 1 heterocycles. The van der Waals surface area contributed by atoms with Crippen molar-refractivity contribution in [3.8, 4) is 0 Å². The van der Waals surface area contributed by atoms with Gasteiger partial charge in [0.1, 0.15) is 0 Å². The predicted octanol–water partition coefficient (Wildman–Crippen LogP) is 3.10. The largest absolute Gasteiger partial charge is 0.378 e. The minimum Gasteiger partial charge on any atom is -0.378 e. The van der Waals surface area contributed by atoms with E-state index in [0.29, 0.717) is 12.1 Å². The lowest BCUT2D eigenvalue weighted by atomic mass is 9.92. The smallest absolute Gasteiger partial charge is 0.0576 e. The summed E-state index contributed by atoms with van der Waals surface area (Å²) < 4.78 is 5.61. The molecule has 15 heavy (non-hydrogen) atoms. The Labute approximate surface area is 94.6 Å². The highest BCUT2D eigenvalue weighted by Crippen LogP contribution is 2.20. The molecule has 0 bridgehead atoms. The fourth-order valence-corrected chi connectivity index (χ4v) is 2.44. The van der Waals surface area contributed by atoms with Gasteiger partial charge in [-0.3, -0.25) is 0 Å². The molecular formula is C13H27NO. The molecule has 0 aromatic rings. The molecule has 0 saturated carbocycles. The molecule has 0 amide bonds. The molecule has 1 aliphatic heterocycles. The third-order valence-corrected chi connectivity index (χ3v) is 3.67. The van der Waals surface area contributed by atoms with Gasteiger partial charge in [0, 0.05) is 12.6 Å². The molecule has 2 nitrogen and oxygen atoms in total. The van der Waals surface area contributed by atoms with Crippen LogP contribution in [0.5, 0.6) is 0 Å². The molecule has 0 aromatic carbocycles. The summed E-state index contributed by atoms with van der Waals surface area (Å²) in [6, 6.07) is 0.388. The maximum atomic E-state index is 6.15. The summed E-state index contributed by atoms with van der Waals surface area (Å²) in [6.07, 6.45) is 9.04. The Morgan fingerprint density at radius 3 is 2.60 bits per heavy atom. The van der Waals surface area contributed by atoms with Crippen molar-refractivity contribution in [2.75, 3.05) is 6.61 Å². The van der Waals surface area contributed by atoms with Crippen LogP contribution >= 0.6 is 0 Å². The average Bonchev–Trinajstić information content (AvgIpc) is 2.75. The zero-order valence-corrected chi connectivity index (χ0v) is 10.4. The van der Waals surface area contributed by atoms with Crippen molar-refractivity contribution in [2.45, 2.75) is 70.9 Å². The molecule has 2 atom stereocenters. The summed E-state index contributed by atoms with van der Waals surface area (Å²) >= 11 is 0. The summed E-state index contributed by atoms with van der Waals surface area (Å²) in [7, 11) is 0. The van der Waals surface area contributed by atoms with Crippen molar-refractivity contribution in [1.82, 2.24) is 0 Å². The standard InChI is InChI=1S/C13H27NO/c1-3-11(4-2)10-12(14)7-8-13-6-5-9-15-13/h11-13H,3-10,14H2,1-2H3. The molecule has 1 rings (SSSR count). The van der Waals surface area contributed by atoms with E-state index in [2.05, 4.69) is 13.8 Å². The van der Waals surface area contributed by atoms with Crippen LogP contribution in [0, 0.1) is 5.92 Å². The first-order valence-corrected chi connectivity index (χ1v) is 6.63. The lowest BCUT2D eigenvalue weighted by molar-refractivity contribution is 0.0999. The first-order chi connectivity index (χ1) is 7.26. The van der Waals surface area contributed by atoms with Crippen LogP contribution < -0.4 is 5.73 Å². The zero-order valence-electron chi connectivity index (χ0n) is 10.4. The van der Waals surface area contributed by atoms with Crippen LogP contribution in [0.2, 0.25) is 0 Å². The van der Waals surface area contributed by atoms with Crippen LogP contribution in [0.1, 0.15) is 58.8 Å². The second kappa shape index (κ2) is 7.24. The first-order valence-electron chi connectivity index (χ1n) is 6.63. The van der Waals surface area contributed by atoms with Crippen LogP contribution in [0.25, 0.3) is 0 Å². The monoisotopic (exact) mass is 213 g/mol. The van der Waals surface area contributed by atoms with Crippen molar-refractivity contribution < 1.29 is 4.74 Å². The van der Waals surface area contributed by atoms with E-state index in [1.165, 1.54) is 38.5 Å². The molecule has 0 aliphatic carbocycles. The Balaban J connectivity index is 2.08. The topological polar surface area (TPSA) is 35.2 Å². The van der Waals surface area contributed by atoms with Crippen molar-refractivity contribution in [3.63, 3.8) is 0 Å². The lowest BCUT2D eigenvalue weighted by Gasteiger charge is -2.19. The summed E-state index contributed by atoms with van der Waals surface area (Å²) in [4.78, 5) is 0. The van der Waals surface area contributed by atoms with Gasteiger partial charge in [-0.2, -0.15) is 0 Å². The zero-order chi connectivity index (χ0) is 11.1. The lowest BCUT2D eigenvalue weighted by Crippen LogP contribution is -2.25. The highest BCUT2D eigenvalue weighted by molar-refractivity contribution is 4.71. The maximum Gasteiger partial charge on any atom is 0.0576 e. The van der Waals surface area contributed by atoms with E-state index in [9.17, 15) is 0 Å². The molecule has 0 spiro atoms. The van der Waals surface area contributed by atoms with Gasteiger partial charge in [-0.05, 0) is 38.0 Å². The predicted molar refractivity (Wildman–Crippen MR) is 64.9 cm³/mol. The molecule has 2 unspecified atom stereocenters. The van der Waals surface area contributed by atoms with E-state index in [1.807, 2.05) is 0 Å².